The van der Waals surface area contributed by atoms with Crippen molar-refractivity contribution in [3.63, 3.8) is 0 Å². The van der Waals surface area contributed by atoms with Crippen LogP contribution in [0.5, 0.6) is 0 Å². The molecule has 0 fully saturated rings. The SMILES string of the molecule is CC1(c2cnccn2)CN=C(N)N1c1ccc(F)cc1. The average Bonchev–Trinajstić information content (AvgIpc) is 2.78. The van der Waals surface area contributed by atoms with Gasteiger partial charge in [0.2, 0.25) is 0 Å². The van der Waals surface area contributed by atoms with Crippen molar-refractivity contribution in [2.45, 2.75) is 12.5 Å². The topological polar surface area (TPSA) is 67.4 Å². The minimum atomic E-state index is -0.518. The number of anilines is 1. The quantitative estimate of drug-likeness (QED) is 0.902. The summed E-state index contributed by atoms with van der Waals surface area (Å²) in [5.74, 6) is 0.106. The Kier molecular flexibility index (Phi) is 2.85. The maximum absolute atomic E-state index is 13.1. The number of aliphatic imine (C=N–C) groups is 1. The van der Waals surface area contributed by atoms with E-state index in [-0.39, 0.29) is 5.82 Å². The standard InChI is InChI=1S/C14H14FN5/c1-14(12-8-17-6-7-18-12)9-19-13(16)20(14)11-4-2-10(15)3-5-11/h2-8H,9H2,1H3,(H2,16,19). The van der Waals surface area contributed by atoms with Gasteiger partial charge in [-0.2, -0.15) is 0 Å². The Hall–Kier alpha value is -2.50. The van der Waals surface area contributed by atoms with Crippen molar-refractivity contribution in [1.29, 1.82) is 0 Å². The lowest BCUT2D eigenvalue weighted by Gasteiger charge is -2.35. The summed E-state index contributed by atoms with van der Waals surface area (Å²) in [7, 11) is 0. The van der Waals surface area contributed by atoms with Crippen molar-refractivity contribution >= 4 is 11.6 Å². The van der Waals surface area contributed by atoms with Crippen molar-refractivity contribution < 1.29 is 4.39 Å². The molecule has 0 radical (unpaired) electrons. The summed E-state index contributed by atoms with van der Waals surface area (Å²) in [6.07, 6.45) is 4.96. The van der Waals surface area contributed by atoms with E-state index in [1.807, 2.05) is 11.8 Å². The molecular weight excluding hydrogens is 257 g/mol. The Labute approximate surface area is 116 Å². The summed E-state index contributed by atoms with van der Waals surface area (Å²) in [6, 6.07) is 6.16. The maximum atomic E-state index is 13.1. The average molecular weight is 271 g/mol. The van der Waals surface area contributed by atoms with E-state index in [9.17, 15) is 4.39 Å². The Morgan fingerprint density at radius 1 is 1.25 bits per heavy atom. The molecule has 1 aromatic heterocycles. The molecule has 20 heavy (non-hydrogen) atoms. The molecule has 1 atom stereocenters. The molecule has 2 heterocycles. The fourth-order valence-electron chi connectivity index (χ4n) is 2.41. The number of hydrogen-bond acceptors (Lipinski definition) is 5. The number of benzene rings is 1. The van der Waals surface area contributed by atoms with Crippen LogP contribution in [0.1, 0.15) is 12.6 Å². The Morgan fingerprint density at radius 3 is 2.65 bits per heavy atom. The van der Waals surface area contributed by atoms with E-state index in [1.54, 1.807) is 30.7 Å². The molecule has 3 rings (SSSR count). The van der Waals surface area contributed by atoms with Crippen LogP contribution in [0.15, 0.2) is 47.8 Å². The summed E-state index contributed by atoms with van der Waals surface area (Å²) in [6.45, 7) is 2.47. The first-order valence-corrected chi connectivity index (χ1v) is 6.23. The highest BCUT2D eigenvalue weighted by molar-refractivity contribution is 5.98. The predicted octanol–water partition coefficient (Wildman–Crippen LogP) is 1.67. The molecule has 0 spiro atoms. The van der Waals surface area contributed by atoms with Crippen LogP contribution in [0.3, 0.4) is 0 Å². The molecule has 2 N–H and O–H groups in total. The first-order valence-electron chi connectivity index (χ1n) is 6.23. The lowest BCUT2D eigenvalue weighted by Crippen LogP contribution is -2.48. The highest BCUT2D eigenvalue weighted by Crippen LogP contribution is 2.35. The van der Waals surface area contributed by atoms with Gasteiger partial charge < -0.3 is 5.73 Å². The maximum Gasteiger partial charge on any atom is 0.196 e. The van der Waals surface area contributed by atoms with E-state index < -0.39 is 5.54 Å². The fourth-order valence-corrected chi connectivity index (χ4v) is 2.41. The van der Waals surface area contributed by atoms with Gasteiger partial charge in [0.15, 0.2) is 5.96 Å². The van der Waals surface area contributed by atoms with Crippen LogP contribution in [0.25, 0.3) is 0 Å². The molecule has 1 aromatic carbocycles. The molecule has 1 unspecified atom stereocenters. The number of halogens is 1. The van der Waals surface area contributed by atoms with E-state index in [2.05, 4.69) is 15.0 Å². The van der Waals surface area contributed by atoms with E-state index in [0.717, 1.165) is 11.4 Å². The van der Waals surface area contributed by atoms with E-state index in [0.29, 0.717) is 12.5 Å². The monoisotopic (exact) mass is 271 g/mol. The number of hydrogen-bond donors (Lipinski definition) is 1. The smallest absolute Gasteiger partial charge is 0.196 e. The summed E-state index contributed by atoms with van der Waals surface area (Å²) in [5.41, 5.74) is 7.03. The number of nitrogens with two attached hydrogens (primary N) is 1. The minimum Gasteiger partial charge on any atom is -0.369 e. The molecule has 1 aliphatic heterocycles. The third-order valence-corrected chi connectivity index (χ3v) is 3.47. The number of rotatable bonds is 2. The van der Waals surface area contributed by atoms with Gasteiger partial charge in [-0.05, 0) is 31.2 Å². The molecule has 0 aliphatic carbocycles. The van der Waals surface area contributed by atoms with E-state index >= 15 is 0 Å². The molecule has 0 amide bonds. The number of guanidine groups is 1. The molecule has 102 valence electrons. The number of aromatic nitrogens is 2. The zero-order chi connectivity index (χ0) is 14.2. The summed E-state index contributed by atoms with van der Waals surface area (Å²) in [5, 5.41) is 0. The van der Waals surface area contributed by atoms with Crippen LogP contribution in [-0.2, 0) is 5.54 Å². The second kappa shape index (κ2) is 4.56. The molecule has 0 saturated carbocycles. The molecule has 1 aliphatic rings. The first kappa shape index (κ1) is 12.5. The highest BCUT2D eigenvalue weighted by Gasteiger charge is 2.41. The van der Waals surface area contributed by atoms with Gasteiger partial charge in [0.1, 0.15) is 11.4 Å². The van der Waals surface area contributed by atoms with Crippen LogP contribution in [0, 0.1) is 5.82 Å². The molecule has 0 bridgehead atoms. The van der Waals surface area contributed by atoms with Gasteiger partial charge >= 0.3 is 0 Å². The zero-order valence-electron chi connectivity index (χ0n) is 11.0. The molecule has 6 heteroatoms. The first-order chi connectivity index (χ1) is 9.61. The van der Waals surface area contributed by atoms with Crippen LogP contribution in [0.2, 0.25) is 0 Å². The van der Waals surface area contributed by atoms with Gasteiger partial charge in [0.25, 0.3) is 0 Å². The van der Waals surface area contributed by atoms with Crippen molar-refractivity contribution in [3.8, 4) is 0 Å². The zero-order valence-corrected chi connectivity index (χ0v) is 11.0. The lowest BCUT2D eigenvalue weighted by molar-refractivity contribution is 0.512. The molecule has 0 saturated heterocycles. The Balaban J connectivity index is 2.06. The third-order valence-electron chi connectivity index (χ3n) is 3.47. The van der Waals surface area contributed by atoms with Crippen molar-refractivity contribution in [1.82, 2.24) is 9.97 Å². The van der Waals surface area contributed by atoms with Crippen LogP contribution < -0.4 is 10.6 Å². The van der Waals surface area contributed by atoms with Crippen molar-refractivity contribution in [3.05, 3.63) is 54.4 Å². The van der Waals surface area contributed by atoms with Gasteiger partial charge in [-0.15, -0.1) is 0 Å². The Bertz CT molecular complexity index is 640. The van der Waals surface area contributed by atoms with Crippen molar-refractivity contribution in [2.24, 2.45) is 10.7 Å². The van der Waals surface area contributed by atoms with Gasteiger partial charge in [0.05, 0.1) is 18.4 Å². The van der Waals surface area contributed by atoms with E-state index in [1.165, 1.54) is 12.1 Å². The predicted molar refractivity (Wildman–Crippen MR) is 74.8 cm³/mol. The number of nitrogens with zero attached hydrogens (tertiary/aromatic N) is 4. The highest BCUT2D eigenvalue weighted by atomic mass is 19.1. The Morgan fingerprint density at radius 2 is 2.00 bits per heavy atom. The summed E-state index contributed by atoms with van der Waals surface area (Å²) >= 11 is 0. The van der Waals surface area contributed by atoms with Crippen LogP contribution in [-0.4, -0.2) is 22.5 Å². The second-order valence-electron chi connectivity index (χ2n) is 4.85. The van der Waals surface area contributed by atoms with Crippen molar-refractivity contribution in [2.75, 3.05) is 11.4 Å². The summed E-state index contributed by atoms with van der Waals surface area (Å²) < 4.78 is 13.1. The lowest BCUT2D eigenvalue weighted by atomic mass is 9.96. The van der Waals surface area contributed by atoms with Gasteiger partial charge in [-0.1, -0.05) is 0 Å². The fraction of sp³-hybridized carbons (Fsp3) is 0.214. The van der Waals surface area contributed by atoms with E-state index in [4.69, 9.17) is 5.73 Å². The third kappa shape index (κ3) is 1.89. The summed E-state index contributed by atoms with van der Waals surface area (Å²) in [4.78, 5) is 14.6. The normalized spacial score (nSPS) is 21.9. The van der Waals surface area contributed by atoms with Crippen LogP contribution in [0.4, 0.5) is 10.1 Å². The van der Waals surface area contributed by atoms with Gasteiger partial charge in [0, 0.05) is 18.1 Å². The second-order valence-corrected chi connectivity index (χ2v) is 4.85. The molecular formula is C14H14FN5. The minimum absolute atomic E-state index is 0.287. The molecule has 2 aromatic rings. The molecule has 5 nitrogen and oxygen atoms in total. The van der Waals surface area contributed by atoms with Gasteiger partial charge in [-0.3, -0.25) is 19.9 Å². The van der Waals surface area contributed by atoms with Gasteiger partial charge in [-0.25, -0.2) is 4.39 Å². The van der Waals surface area contributed by atoms with Crippen LogP contribution >= 0.6 is 0 Å². The largest absolute Gasteiger partial charge is 0.369 e.